The number of hydrogen-bond donors (Lipinski definition) is 2. The Balaban J connectivity index is 2.27. The Kier molecular flexibility index (Phi) is 6.43. The van der Waals surface area contributed by atoms with E-state index in [0.717, 1.165) is 36.8 Å². The van der Waals surface area contributed by atoms with E-state index in [9.17, 15) is 0 Å². The Bertz CT molecular complexity index is 355. The van der Waals surface area contributed by atoms with Crippen molar-refractivity contribution in [3.63, 3.8) is 0 Å². The number of nitrogens with zero attached hydrogens (tertiary/aromatic N) is 2. The lowest BCUT2D eigenvalue weighted by Crippen LogP contribution is -2.13. The van der Waals surface area contributed by atoms with Crippen LogP contribution in [0.4, 0.5) is 11.6 Å². The van der Waals surface area contributed by atoms with Crippen LogP contribution in [0.5, 0.6) is 0 Å². The highest BCUT2D eigenvalue weighted by molar-refractivity contribution is 5.55. The fourth-order valence-corrected chi connectivity index (χ4v) is 1.54. The molecule has 0 bridgehead atoms. The van der Waals surface area contributed by atoms with Crippen LogP contribution in [0.15, 0.2) is 6.33 Å². The SMILES string of the molecule is CNc1ncnc(NCCOCCC(C)C)c1C. The third-order valence-electron chi connectivity index (χ3n) is 2.70. The number of anilines is 2. The monoisotopic (exact) mass is 252 g/mol. The summed E-state index contributed by atoms with van der Waals surface area (Å²) >= 11 is 0. The lowest BCUT2D eigenvalue weighted by atomic mass is 10.1. The van der Waals surface area contributed by atoms with E-state index in [1.54, 1.807) is 6.33 Å². The summed E-state index contributed by atoms with van der Waals surface area (Å²) in [6, 6.07) is 0. The molecule has 0 aliphatic rings. The zero-order valence-corrected chi connectivity index (χ0v) is 11.8. The molecule has 0 radical (unpaired) electrons. The van der Waals surface area contributed by atoms with Crippen molar-refractivity contribution < 1.29 is 4.74 Å². The van der Waals surface area contributed by atoms with Gasteiger partial charge in [-0.1, -0.05) is 13.8 Å². The molecule has 0 amide bonds. The van der Waals surface area contributed by atoms with Crippen LogP contribution in [-0.2, 0) is 4.74 Å². The number of rotatable bonds is 8. The highest BCUT2D eigenvalue weighted by atomic mass is 16.5. The third-order valence-corrected chi connectivity index (χ3v) is 2.70. The van der Waals surface area contributed by atoms with Crippen LogP contribution >= 0.6 is 0 Å². The van der Waals surface area contributed by atoms with Crippen molar-refractivity contribution in [3.05, 3.63) is 11.9 Å². The predicted molar refractivity (Wildman–Crippen MR) is 75.1 cm³/mol. The molecule has 1 aromatic rings. The van der Waals surface area contributed by atoms with Crippen LogP contribution in [-0.4, -0.2) is 36.8 Å². The van der Waals surface area contributed by atoms with E-state index in [2.05, 4.69) is 34.4 Å². The van der Waals surface area contributed by atoms with Crippen LogP contribution in [0.1, 0.15) is 25.8 Å². The molecule has 18 heavy (non-hydrogen) atoms. The second-order valence-corrected chi connectivity index (χ2v) is 4.67. The van der Waals surface area contributed by atoms with Gasteiger partial charge in [0.15, 0.2) is 0 Å². The molecule has 0 saturated heterocycles. The summed E-state index contributed by atoms with van der Waals surface area (Å²) in [6.07, 6.45) is 2.66. The maximum Gasteiger partial charge on any atom is 0.134 e. The second-order valence-electron chi connectivity index (χ2n) is 4.67. The van der Waals surface area contributed by atoms with Crippen molar-refractivity contribution in [3.8, 4) is 0 Å². The van der Waals surface area contributed by atoms with Gasteiger partial charge in [-0.2, -0.15) is 0 Å². The topological polar surface area (TPSA) is 59.1 Å². The highest BCUT2D eigenvalue weighted by Gasteiger charge is 2.04. The summed E-state index contributed by atoms with van der Waals surface area (Å²) in [5.41, 5.74) is 1.03. The van der Waals surface area contributed by atoms with Gasteiger partial charge in [-0.15, -0.1) is 0 Å². The first-order valence-electron chi connectivity index (χ1n) is 6.46. The van der Waals surface area contributed by atoms with E-state index in [1.165, 1.54) is 0 Å². The zero-order valence-electron chi connectivity index (χ0n) is 11.8. The van der Waals surface area contributed by atoms with Gasteiger partial charge in [0.1, 0.15) is 18.0 Å². The Morgan fingerprint density at radius 2 is 1.94 bits per heavy atom. The lowest BCUT2D eigenvalue weighted by Gasteiger charge is -2.11. The standard InChI is InChI=1S/C13H24N4O/c1-10(2)5-7-18-8-6-15-13-11(3)12(14-4)16-9-17-13/h9-10H,5-8H2,1-4H3,(H2,14,15,16,17). The Morgan fingerprint density at radius 1 is 1.22 bits per heavy atom. The summed E-state index contributed by atoms with van der Waals surface area (Å²) in [6.45, 7) is 8.68. The van der Waals surface area contributed by atoms with E-state index >= 15 is 0 Å². The molecule has 0 spiro atoms. The second kappa shape index (κ2) is 7.87. The zero-order chi connectivity index (χ0) is 13.4. The number of nitrogens with one attached hydrogen (secondary N) is 2. The van der Waals surface area contributed by atoms with Gasteiger partial charge in [0.05, 0.1) is 6.61 Å². The molecule has 0 fully saturated rings. The van der Waals surface area contributed by atoms with Crippen molar-refractivity contribution in [1.82, 2.24) is 9.97 Å². The molecule has 0 aromatic carbocycles. The summed E-state index contributed by atoms with van der Waals surface area (Å²) in [5, 5.41) is 6.30. The first-order valence-corrected chi connectivity index (χ1v) is 6.46. The van der Waals surface area contributed by atoms with Gasteiger partial charge in [0.25, 0.3) is 0 Å². The van der Waals surface area contributed by atoms with Gasteiger partial charge in [0.2, 0.25) is 0 Å². The Hall–Kier alpha value is -1.36. The predicted octanol–water partition coefficient (Wildman–Crippen LogP) is 2.30. The van der Waals surface area contributed by atoms with Crippen LogP contribution < -0.4 is 10.6 Å². The number of aromatic nitrogens is 2. The van der Waals surface area contributed by atoms with Crippen molar-refractivity contribution in [2.75, 3.05) is 37.4 Å². The molecule has 0 saturated carbocycles. The van der Waals surface area contributed by atoms with E-state index in [1.807, 2.05) is 14.0 Å². The molecule has 1 heterocycles. The highest BCUT2D eigenvalue weighted by Crippen LogP contribution is 2.16. The molecule has 1 rings (SSSR count). The molecule has 5 nitrogen and oxygen atoms in total. The maximum absolute atomic E-state index is 5.54. The molecular formula is C13H24N4O. The van der Waals surface area contributed by atoms with Crippen molar-refractivity contribution in [1.29, 1.82) is 0 Å². The average Bonchev–Trinajstić information content (AvgIpc) is 2.35. The van der Waals surface area contributed by atoms with Gasteiger partial charge in [0, 0.05) is 25.8 Å². The smallest absolute Gasteiger partial charge is 0.134 e. The van der Waals surface area contributed by atoms with Crippen molar-refractivity contribution >= 4 is 11.6 Å². The molecule has 0 atom stereocenters. The number of ether oxygens (including phenoxy) is 1. The molecule has 0 aliphatic heterocycles. The minimum atomic E-state index is 0.695. The van der Waals surface area contributed by atoms with E-state index in [4.69, 9.17) is 4.74 Å². The van der Waals surface area contributed by atoms with Gasteiger partial charge in [-0.3, -0.25) is 0 Å². The van der Waals surface area contributed by atoms with Crippen LogP contribution in [0.25, 0.3) is 0 Å². The lowest BCUT2D eigenvalue weighted by molar-refractivity contribution is 0.132. The summed E-state index contributed by atoms with van der Waals surface area (Å²) in [4.78, 5) is 8.36. The Labute approximate surface area is 109 Å². The van der Waals surface area contributed by atoms with E-state index in [0.29, 0.717) is 12.5 Å². The minimum absolute atomic E-state index is 0.695. The summed E-state index contributed by atoms with van der Waals surface area (Å²) in [5.74, 6) is 2.41. The van der Waals surface area contributed by atoms with E-state index in [-0.39, 0.29) is 0 Å². The quantitative estimate of drug-likeness (QED) is 0.695. The van der Waals surface area contributed by atoms with Crippen LogP contribution in [0.3, 0.4) is 0 Å². The normalized spacial score (nSPS) is 10.7. The van der Waals surface area contributed by atoms with Crippen molar-refractivity contribution in [2.45, 2.75) is 27.2 Å². The molecular weight excluding hydrogens is 228 g/mol. The Morgan fingerprint density at radius 3 is 2.61 bits per heavy atom. The van der Waals surface area contributed by atoms with Crippen LogP contribution in [0.2, 0.25) is 0 Å². The van der Waals surface area contributed by atoms with Crippen molar-refractivity contribution in [2.24, 2.45) is 5.92 Å². The first-order chi connectivity index (χ1) is 8.65. The fraction of sp³-hybridized carbons (Fsp3) is 0.692. The molecule has 102 valence electrons. The van der Waals surface area contributed by atoms with Gasteiger partial charge in [-0.25, -0.2) is 9.97 Å². The minimum Gasteiger partial charge on any atom is -0.380 e. The fourth-order valence-electron chi connectivity index (χ4n) is 1.54. The summed E-state index contributed by atoms with van der Waals surface area (Å²) in [7, 11) is 1.86. The third kappa shape index (κ3) is 4.87. The molecule has 2 N–H and O–H groups in total. The first kappa shape index (κ1) is 14.7. The van der Waals surface area contributed by atoms with Gasteiger partial charge < -0.3 is 15.4 Å². The molecule has 0 aliphatic carbocycles. The maximum atomic E-state index is 5.54. The largest absolute Gasteiger partial charge is 0.380 e. The average molecular weight is 252 g/mol. The molecule has 0 unspecified atom stereocenters. The van der Waals surface area contributed by atoms with E-state index < -0.39 is 0 Å². The van der Waals surface area contributed by atoms with Crippen LogP contribution in [0, 0.1) is 12.8 Å². The molecule has 1 aromatic heterocycles. The number of hydrogen-bond acceptors (Lipinski definition) is 5. The van der Waals surface area contributed by atoms with Gasteiger partial charge >= 0.3 is 0 Å². The molecule has 5 heteroatoms. The summed E-state index contributed by atoms with van der Waals surface area (Å²) < 4.78 is 5.54. The van der Waals surface area contributed by atoms with Gasteiger partial charge in [-0.05, 0) is 19.3 Å².